The zero-order valence-corrected chi connectivity index (χ0v) is 20.6. The maximum absolute atomic E-state index is 12.8. The van der Waals surface area contributed by atoms with Crippen molar-refractivity contribution in [1.82, 2.24) is 10.2 Å². The fraction of sp³-hybridized carbons (Fsp3) is 0.480. The number of sulfonamides is 1. The van der Waals surface area contributed by atoms with Crippen LogP contribution in [0.2, 0.25) is 0 Å². The first-order valence-corrected chi connectivity index (χ1v) is 13.4. The minimum atomic E-state index is -3.66. The summed E-state index contributed by atoms with van der Waals surface area (Å²) in [5, 5.41) is 2.87. The van der Waals surface area contributed by atoms with E-state index in [1.165, 1.54) is 24.8 Å². The lowest BCUT2D eigenvalue weighted by Crippen LogP contribution is -2.47. The molecule has 1 saturated heterocycles. The van der Waals surface area contributed by atoms with Gasteiger partial charge in [0.15, 0.2) is 0 Å². The molecule has 7 nitrogen and oxygen atoms in total. The number of likely N-dealkylation sites (tertiary alicyclic amines) is 1. The molecule has 0 aromatic heterocycles. The Balaban J connectivity index is 1.60. The van der Waals surface area contributed by atoms with E-state index in [4.69, 9.17) is 4.74 Å². The van der Waals surface area contributed by atoms with Crippen molar-refractivity contribution < 1.29 is 17.9 Å². The van der Waals surface area contributed by atoms with Crippen molar-refractivity contribution in [3.05, 3.63) is 59.7 Å². The van der Waals surface area contributed by atoms with Crippen molar-refractivity contribution in [2.24, 2.45) is 0 Å². The van der Waals surface area contributed by atoms with Gasteiger partial charge in [0.05, 0.1) is 18.6 Å². The van der Waals surface area contributed by atoms with Crippen LogP contribution in [-0.4, -0.2) is 51.2 Å². The summed E-state index contributed by atoms with van der Waals surface area (Å²) in [6.07, 6.45) is 4.96. The van der Waals surface area contributed by atoms with Crippen LogP contribution < -0.4 is 14.4 Å². The Morgan fingerprint density at radius 3 is 2.21 bits per heavy atom. The lowest BCUT2D eigenvalue weighted by Gasteiger charge is -2.28. The Hall–Kier alpha value is -2.58. The van der Waals surface area contributed by atoms with Gasteiger partial charge in [0.1, 0.15) is 11.8 Å². The normalized spacial score (nSPS) is 15.6. The van der Waals surface area contributed by atoms with E-state index in [-0.39, 0.29) is 5.91 Å². The van der Waals surface area contributed by atoms with Crippen molar-refractivity contribution in [1.29, 1.82) is 0 Å². The fourth-order valence-electron chi connectivity index (χ4n) is 4.14. The van der Waals surface area contributed by atoms with Crippen LogP contribution in [-0.2, 0) is 27.9 Å². The van der Waals surface area contributed by atoms with Gasteiger partial charge in [0.2, 0.25) is 15.9 Å². The monoisotopic (exact) mass is 473 g/mol. The first kappa shape index (κ1) is 25.1. The van der Waals surface area contributed by atoms with E-state index < -0.39 is 16.1 Å². The molecule has 1 amide bonds. The molecule has 0 radical (unpaired) electrons. The lowest BCUT2D eigenvalue weighted by atomic mass is 10.1. The Kier molecular flexibility index (Phi) is 8.74. The van der Waals surface area contributed by atoms with Crippen molar-refractivity contribution in [3.8, 4) is 5.75 Å². The Labute approximate surface area is 197 Å². The number of nitrogens with one attached hydrogen (secondary N) is 1. The van der Waals surface area contributed by atoms with Gasteiger partial charge in [-0.2, -0.15) is 0 Å². The third kappa shape index (κ3) is 7.20. The minimum absolute atomic E-state index is 0.341. The number of ether oxygens (including phenoxy) is 1. The SMILES string of the molecule is CCOc1ccc(N([C@H](C)C(=O)NCc2ccc(CN3CCCCC3)cc2)S(C)(=O)=O)cc1. The fourth-order valence-corrected chi connectivity index (χ4v) is 5.31. The van der Waals surface area contributed by atoms with Crippen LogP contribution in [0.3, 0.4) is 0 Å². The molecule has 1 N–H and O–H groups in total. The molecule has 1 aliphatic rings. The van der Waals surface area contributed by atoms with E-state index in [0.29, 0.717) is 24.6 Å². The Morgan fingerprint density at radius 2 is 1.64 bits per heavy atom. The first-order chi connectivity index (χ1) is 15.8. The van der Waals surface area contributed by atoms with Gasteiger partial charge in [0, 0.05) is 13.1 Å². The first-order valence-electron chi connectivity index (χ1n) is 11.6. The molecule has 33 heavy (non-hydrogen) atoms. The topological polar surface area (TPSA) is 79.0 Å². The highest BCUT2D eigenvalue weighted by atomic mass is 32.2. The van der Waals surface area contributed by atoms with E-state index >= 15 is 0 Å². The molecule has 1 atom stereocenters. The Morgan fingerprint density at radius 1 is 1.03 bits per heavy atom. The summed E-state index contributed by atoms with van der Waals surface area (Å²) in [5.74, 6) is 0.294. The second-order valence-electron chi connectivity index (χ2n) is 8.53. The predicted octanol–water partition coefficient (Wildman–Crippen LogP) is 3.54. The van der Waals surface area contributed by atoms with E-state index in [0.717, 1.165) is 35.8 Å². The average Bonchev–Trinajstić information content (AvgIpc) is 2.79. The third-order valence-electron chi connectivity index (χ3n) is 5.84. The molecule has 0 bridgehead atoms. The highest BCUT2D eigenvalue weighted by Crippen LogP contribution is 2.24. The smallest absolute Gasteiger partial charge is 0.243 e. The van der Waals surface area contributed by atoms with E-state index in [1.807, 2.05) is 19.1 Å². The molecule has 2 aromatic carbocycles. The molecule has 1 fully saturated rings. The number of hydrogen-bond donors (Lipinski definition) is 1. The number of anilines is 1. The number of benzene rings is 2. The number of carbonyl (C=O) groups is 1. The van der Waals surface area contributed by atoms with Gasteiger partial charge in [-0.05, 0) is 75.2 Å². The van der Waals surface area contributed by atoms with Gasteiger partial charge in [-0.3, -0.25) is 14.0 Å². The Bertz CT molecular complexity index is 1000. The number of amides is 1. The zero-order valence-electron chi connectivity index (χ0n) is 19.8. The standard InChI is InChI=1S/C25H35N3O4S/c1-4-32-24-14-12-23(13-15-24)28(33(3,30)31)20(2)25(29)26-18-21-8-10-22(11-9-21)19-27-16-6-5-7-17-27/h8-15,20H,4-7,16-19H2,1-3H3,(H,26,29)/t20-/m1/s1. The molecule has 180 valence electrons. The number of hydrogen-bond acceptors (Lipinski definition) is 5. The van der Waals surface area contributed by atoms with Crippen LogP contribution in [0.25, 0.3) is 0 Å². The lowest BCUT2D eigenvalue weighted by molar-refractivity contribution is -0.122. The molecule has 1 heterocycles. The molecule has 0 spiro atoms. The highest BCUT2D eigenvalue weighted by Gasteiger charge is 2.29. The second kappa shape index (κ2) is 11.5. The molecular weight excluding hydrogens is 438 g/mol. The van der Waals surface area contributed by atoms with Crippen LogP contribution in [0.1, 0.15) is 44.2 Å². The predicted molar refractivity (Wildman–Crippen MR) is 132 cm³/mol. The van der Waals surface area contributed by atoms with Gasteiger partial charge in [-0.25, -0.2) is 8.42 Å². The maximum Gasteiger partial charge on any atom is 0.243 e. The van der Waals surface area contributed by atoms with Gasteiger partial charge in [-0.1, -0.05) is 30.7 Å². The van der Waals surface area contributed by atoms with E-state index in [2.05, 4.69) is 22.3 Å². The van der Waals surface area contributed by atoms with Gasteiger partial charge in [0.25, 0.3) is 0 Å². The number of rotatable bonds is 10. The van der Waals surface area contributed by atoms with Gasteiger partial charge < -0.3 is 10.1 Å². The van der Waals surface area contributed by atoms with Crippen molar-refractivity contribution in [3.63, 3.8) is 0 Å². The van der Waals surface area contributed by atoms with Crippen molar-refractivity contribution >= 4 is 21.6 Å². The van der Waals surface area contributed by atoms with Crippen LogP contribution in [0.4, 0.5) is 5.69 Å². The molecule has 8 heteroatoms. The van der Waals surface area contributed by atoms with Crippen LogP contribution in [0.5, 0.6) is 5.75 Å². The molecule has 0 saturated carbocycles. The zero-order chi connectivity index (χ0) is 23.8. The highest BCUT2D eigenvalue weighted by molar-refractivity contribution is 7.92. The maximum atomic E-state index is 12.8. The van der Waals surface area contributed by atoms with Gasteiger partial charge in [-0.15, -0.1) is 0 Å². The summed E-state index contributed by atoms with van der Waals surface area (Å²) in [6, 6.07) is 14.0. The molecule has 2 aromatic rings. The number of carbonyl (C=O) groups excluding carboxylic acids is 1. The quantitative estimate of drug-likeness (QED) is 0.571. The summed E-state index contributed by atoms with van der Waals surface area (Å²) >= 11 is 0. The van der Waals surface area contributed by atoms with Crippen molar-refractivity contribution in [2.45, 2.75) is 52.2 Å². The average molecular weight is 474 g/mol. The van der Waals surface area contributed by atoms with Gasteiger partial charge >= 0.3 is 0 Å². The second-order valence-corrected chi connectivity index (χ2v) is 10.4. The summed E-state index contributed by atoms with van der Waals surface area (Å²) in [5.41, 5.74) is 2.66. The summed E-state index contributed by atoms with van der Waals surface area (Å²) in [6.45, 7) is 7.60. The molecule has 0 aliphatic carbocycles. The molecule has 0 unspecified atom stereocenters. The number of nitrogens with zero attached hydrogens (tertiary/aromatic N) is 2. The number of piperidine rings is 1. The molecule has 1 aliphatic heterocycles. The van der Waals surface area contributed by atoms with E-state index in [9.17, 15) is 13.2 Å². The van der Waals surface area contributed by atoms with Crippen LogP contribution >= 0.6 is 0 Å². The summed E-state index contributed by atoms with van der Waals surface area (Å²) in [7, 11) is -3.66. The van der Waals surface area contributed by atoms with E-state index in [1.54, 1.807) is 31.2 Å². The summed E-state index contributed by atoms with van der Waals surface area (Å²) < 4.78 is 31.5. The third-order valence-corrected chi connectivity index (χ3v) is 7.08. The largest absolute Gasteiger partial charge is 0.494 e. The van der Waals surface area contributed by atoms with Crippen LogP contribution in [0, 0.1) is 0 Å². The van der Waals surface area contributed by atoms with Crippen LogP contribution in [0.15, 0.2) is 48.5 Å². The molecular formula is C25H35N3O4S. The summed E-state index contributed by atoms with van der Waals surface area (Å²) in [4.78, 5) is 15.3. The molecule has 3 rings (SSSR count). The minimum Gasteiger partial charge on any atom is -0.494 e. The van der Waals surface area contributed by atoms with Crippen molar-refractivity contribution in [2.75, 3.05) is 30.3 Å².